The van der Waals surface area contributed by atoms with Gasteiger partial charge in [0, 0.05) is 11.1 Å². The Morgan fingerprint density at radius 2 is 1.17 bits per heavy atom. The Kier molecular flexibility index (Phi) is 10.4. The first-order valence-corrected chi connectivity index (χ1v) is 15.3. The summed E-state index contributed by atoms with van der Waals surface area (Å²) in [4.78, 5) is 0. The van der Waals surface area contributed by atoms with E-state index in [-0.39, 0.29) is 22.3 Å². The van der Waals surface area contributed by atoms with Crippen molar-refractivity contribution in [2.24, 2.45) is 0 Å². The average molecular weight is 693 g/mol. The highest BCUT2D eigenvalue weighted by Gasteiger charge is 2.38. The minimum Gasteiger partial charge on any atom is -0.423 e. The molecule has 0 saturated carbocycles. The van der Waals surface area contributed by atoms with Crippen LogP contribution in [-0.4, -0.2) is 0 Å². The summed E-state index contributed by atoms with van der Waals surface area (Å²) in [5.41, 5.74) is -1.09. The highest BCUT2D eigenvalue weighted by atomic mass is 35.5. The van der Waals surface area contributed by atoms with Crippen molar-refractivity contribution in [1.29, 1.82) is 0 Å². The molecule has 0 aliphatic rings. The van der Waals surface area contributed by atoms with Gasteiger partial charge in [0.15, 0.2) is 34.8 Å². The van der Waals surface area contributed by atoms with E-state index < -0.39 is 68.7 Å². The highest BCUT2D eigenvalue weighted by molar-refractivity contribution is 6.33. The first kappa shape index (κ1) is 34.9. The highest BCUT2D eigenvalue weighted by Crippen LogP contribution is 2.41. The van der Waals surface area contributed by atoms with Gasteiger partial charge in [0.05, 0.1) is 10.6 Å². The van der Waals surface area contributed by atoms with Crippen LogP contribution in [0.15, 0.2) is 78.9 Å². The average Bonchev–Trinajstić information content (AvgIpc) is 3.03. The molecule has 48 heavy (non-hydrogen) atoms. The van der Waals surface area contributed by atoms with Crippen LogP contribution in [0.2, 0.25) is 5.02 Å². The lowest BCUT2D eigenvalue weighted by atomic mass is 9.98. The van der Waals surface area contributed by atoms with Crippen molar-refractivity contribution >= 4 is 11.6 Å². The molecule has 0 atom stereocenters. The first-order valence-electron chi connectivity index (χ1n) is 14.9. The summed E-state index contributed by atoms with van der Waals surface area (Å²) in [5, 5.41) is -0.635. The van der Waals surface area contributed by atoms with Gasteiger partial charge in [-0.2, -0.15) is 8.78 Å². The van der Waals surface area contributed by atoms with Crippen LogP contribution in [0.1, 0.15) is 43.7 Å². The fourth-order valence-electron chi connectivity index (χ4n) is 5.26. The Morgan fingerprint density at radius 1 is 0.583 bits per heavy atom. The zero-order valence-corrected chi connectivity index (χ0v) is 26.0. The summed E-state index contributed by atoms with van der Waals surface area (Å²) in [7, 11) is 0. The standard InChI is InChI=1S/C37H26ClF9O/c1-2-3-4-5-6-20-7-9-21(10-8-20)23-14-32(43)36(33(44)15-23)48-37(46,47)25-18-27(38)34(29(40)19-25)22-11-12-26(28(39)13-22)24-16-30(41)35(45)31(42)17-24/h7-19H,2-6H2,1H3. The van der Waals surface area contributed by atoms with Crippen molar-refractivity contribution in [3.63, 3.8) is 0 Å². The van der Waals surface area contributed by atoms with Crippen LogP contribution in [-0.2, 0) is 12.5 Å². The zero-order chi connectivity index (χ0) is 34.7. The van der Waals surface area contributed by atoms with Gasteiger partial charge in [-0.3, -0.25) is 0 Å². The smallest absolute Gasteiger partial charge is 0.423 e. The lowest BCUT2D eigenvalue weighted by molar-refractivity contribution is -0.188. The number of halogens is 10. The molecule has 5 aromatic carbocycles. The molecule has 0 aliphatic carbocycles. The second kappa shape index (κ2) is 14.4. The van der Waals surface area contributed by atoms with Crippen molar-refractivity contribution in [3.8, 4) is 39.1 Å². The topological polar surface area (TPSA) is 9.23 Å². The van der Waals surface area contributed by atoms with E-state index in [2.05, 4.69) is 11.7 Å². The number of unbranched alkanes of at least 4 members (excludes halogenated alkanes) is 3. The number of benzene rings is 5. The van der Waals surface area contributed by atoms with Crippen LogP contribution in [0.5, 0.6) is 5.75 Å². The molecule has 5 rings (SSSR count). The van der Waals surface area contributed by atoms with E-state index in [1.165, 1.54) is 0 Å². The molecular formula is C37H26ClF9O. The zero-order valence-electron chi connectivity index (χ0n) is 25.2. The van der Waals surface area contributed by atoms with Crippen LogP contribution in [0.4, 0.5) is 39.5 Å². The van der Waals surface area contributed by atoms with Crippen LogP contribution in [0.3, 0.4) is 0 Å². The summed E-state index contributed by atoms with van der Waals surface area (Å²) >= 11 is 6.11. The van der Waals surface area contributed by atoms with Gasteiger partial charge in [-0.1, -0.05) is 74.2 Å². The predicted octanol–water partition coefficient (Wildman–Crippen LogP) is 12.6. The summed E-state index contributed by atoms with van der Waals surface area (Å²) in [6.45, 7) is 2.11. The third-order valence-electron chi connectivity index (χ3n) is 7.77. The first-order chi connectivity index (χ1) is 22.8. The molecule has 0 spiro atoms. The molecule has 0 aliphatic heterocycles. The van der Waals surface area contributed by atoms with Gasteiger partial charge in [0.2, 0.25) is 0 Å². The lowest BCUT2D eigenvalue weighted by Gasteiger charge is -2.21. The van der Waals surface area contributed by atoms with Crippen molar-refractivity contribution in [3.05, 3.63) is 136 Å². The van der Waals surface area contributed by atoms with Crippen LogP contribution in [0.25, 0.3) is 33.4 Å². The molecule has 1 nitrogen and oxygen atoms in total. The molecule has 0 unspecified atom stereocenters. The molecule has 5 aromatic rings. The SMILES string of the molecule is CCCCCCc1ccc(-c2cc(F)c(OC(F)(F)c3cc(F)c(-c4ccc(-c5cc(F)c(F)c(F)c5)c(F)c4)c(Cl)c3)c(F)c2)cc1. The summed E-state index contributed by atoms with van der Waals surface area (Å²) in [6, 6.07) is 13.6. The predicted molar refractivity (Wildman–Crippen MR) is 166 cm³/mol. The van der Waals surface area contributed by atoms with E-state index >= 15 is 13.2 Å². The van der Waals surface area contributed by atoms with E-state index in [0.717, 1.165) is 68.0 Å². The van der Waals surface area contributed by atoms with Crippen molar-refractivity contribution in [1.82, 2.24) is 0 Å². The molecular weight excluding hydrogens is 667 g/mol. The van der Waals surface area contributed by atoms with E-state index in [1.54, 1.807) is 12.1 Å². The van der Waals surface area contributed by atoms with E-state index in [4.69, 9.17) is 11.6 Å². The van der Waals surface area contributed by atoms with Gasteiger partial charge >= 0.3 is 6.11 Å². The Labute approximate surface area is 275 Å². The molecule has 250 valence electrons. The fraction of sp³-hybridized carbons (Fsp3) is 0.189. The molecule has 0 heterocycles. The maximum Gasteiger partial charge on any atom is 0.427 e. The molecule has 11 heteroatoms. The van der Waals surface area contributed by atoms with Crippen LogP contribution in [0, 0.1) is 40.7 Å². The Bertz CT molecular complexity index is 1890. The summed E-state index contributed by atoms with van der Waals surface area (Å²) in [5.74, 6) is -11.6. The third-order valence-corrected chi connectivity index (χ3v) is 8.06. The fourth-order valence-corrected chi connectivity index (χ4v) is 5.58. The van der Waals surface area contributed by atoms with Crippen LogP contribution < -0.4 is 4.74 Å². The second-order valence-corrected chi connectivity index (χ2v) is 11.6. The maximum absolute atomic E-state index is 15.2. The maximum atomic E-state index is 15.2. The molecule has 0 radical (unpaired) electrons. The second-order valence-electron chi connectivity index (χ2n) is 11.2. The normalized spacial score (nSPS) is 11.6. The van der Waals surface area contributed by atoms with Gasteiger partial charge < -0.3 is 4.74 Å². The minimum atomic E-state index is -4.47. The third kappa shape index (κ3) is 7.49. The van der Waals surface area contributed by atoms with E-state index in [0.29, 0.717) is 29.8 Å². The van der Waals surface area contributed by atoms with Crippen LogP contribution >= 0.6 is 11.6 Å². The Hall–Kier alpha value is -4.44. The Balaban J connectivity index is 1.36. The van der Waals surface area contributed by atoms with Crippen molar-refractivity contribution in [2.75, 3.05) is 0 Å². The summed E-state index contributed by atoms with van der Waals surface area (Å²) < 4.78 is 136. The minimum absolute atomic E-state index is 0.0876. The van der Waals surface area contributed by atoms with Gasteiger partial charge in [-0.25, -0.2) is 30.7 Å². The number of rotatable bonds is 11. The van der Waals surface area contributed by atoms with Gasteiger partial charge in [0.1, 0.15) is 11.6 Å². The monoisotopic (exact) mass is 692 g/mol. The molecule has 0 fully saturated rings. The van der Waals surface area contributed by atoms with Crippen molar-refractivity contribution in [2.45, 2.75) is 45.1 Å². The number of hydrogen-bond acceptors (Lipinski definition) is 1. The molecule has 0 saturated heterocycles. The van der Waals surface area contributed by atoms with E-state index in [9.17, 15) is 26.3 Å². The summed E-state index contributed by atoms with van der Waals surface area (Å²) in [6.07, 6.45) is 0.704. The largest absolute Gasteiger partial charge is 0.427 e. The van der Waals surface area contributed by atoms with Gasteiger partial charge in [0.25, 0.3) is 0 Å². The van der Waals surface area contributed by atoms with Crippen molar-refractivity contribution < 1.29 is 44.3 Å². The molecule has 0 bridgehead atoms. The number of ether oxygens (including phenoxy) is 1. The number of hydrogen-bond donors (Lipinski definition) is 0. The molecule has 0 N–H and O–H groups in total. The van der Waals surface area contributed by atoms with E-state index in [1.807, 2.05) is 12.1 Å². The lowest BCUT2D eigenvalue weighted by Crippen LogP contribution is -2.23. The molecule has 0 aromatic heterocycles. The number of alkyl halides is 2. The number of aryl methyl sites for hydroxylation is 1. The van der Waals surface area contributed by atoms with Gasteiger partial charge in [-0.05, 0) is 83.1 Å². The van der Waals surface area contributed by atoms with Gasteiger partial charge in [-0.15, -0.1) is 0 Å². The quantitative estimate of drug-likeness (QED) is 0.0760. The molecule has 0 amide bonds. The Morgan fingerprint density at radius 3 is 1.75 bits per heavy atom.